The molecule has 1 aliphatic heterocycles. The lowest BCUT2D eigenvalue weighted by Gasteiger charge is -2.16. The van der Waals surface area contributed by atoms with Crippen LogP contribution in [0.4, 0.5) is 0 Å². The van der Waals surface area contributed by atoms with Crippen molar-refractivity contribution in [1.29, 1.82) is 0 Å². The molecule has 1 aromatic carbocycles. The summed E-state index contributed by atoms with van der Waals surface area (Å²) in [7, 11) is 0. The van der Waals surface area contributed by atoms with Crippen LogP contribution in [0.2, 0.25) is 0 Å². The molecule has 0 aromatic heterocycles. The number of rotatable bonds is 4. The number of nitrogens with one attached hydrogen (secondary N) is 2. The molecule has 98 valence electrons. The first kappa shape index (κ1) is 12.9. The number of carbonyl (C=O) groups excluding carboxylic acids is 1. The summed E-state index contributed by atoms with van der Waals surface area (Å²) in [5.74, 6) is 0.533. The second kappa shape index (κ2) is 5.87. The van der Waals surface area contributed by atoms with Crippen LogP contribution in [-0.4, -0.2) is 30.1 Å². The standard InChI is InChI=1S/C14H20N2O2/c1-10(8-11-2-4-13(17)5-3-11)16-14(18)12-6-7-15-9-12/h2-5,10,12,15,17H,6-9H2,1H3,(H,16,18)/t10?,12-/m0/s1. The first-order chi connectivity index (χ1) is 8.65. The number of hydrogen-bond acceptors (Lipinski definition) is 3. The van der Waals surface area contributed by atoms with Crippen molar-refractivity contribution in [2.75, 3.05) is 13.1 Å². The normalized spacial score (nSPS) is 20.6. The maximum absolute atomic E-state index is 11.9. The molecule has 2 atom stereocenters. The monoisotopic (exact) mass is 248 g/mol. The van der Waals surface area contributed by atoms with Crippen LogP contribution in [0.5, 0.6) is 5.75 Å². The molecule has 1 unspecified atom stereocenters. The predicted octanol–water partition coefficient (Wildman–Crippen LogP) is 1.05. The Morgan fingerprint density at radius 2 is 2.22 bits per heavy atom. The lowest BCUT2D eigenvalue weighted by molar-refractivity contribution is -0.125. The molecule has 0 aliphatic carbocycles. The Labute approximate surface area is 107 Å². The average molecular weight is 248 g/mol. The summed E-state index contributed by atoms with van der Waals surface area (Å²) in [6, 6.07) is 7.22. The number of phenols is 1. The summed E-state index contributed by atoms with van der Waals surface area (Å²) in [6.07, 6.45) is 1.71. The van der Waals surface area contributed by atoms with E-state index in [1.54, 1.807) is 12.1 Å². The van der Waals surface area contributed by atoms with Gasteiger partial charge in [0.1, 0.15) is 5.75 Å². The molecule has 1 heterocycles. The number of carbonyl (C=O) groups is 1. The molecule has 0 saturated carbocycles. The van der Waals surface area contributed by atoms with E-state index in [0.717, 1.165) is 31.5 Å². The van der Waals surface area contributed by atoms with Gasteiger partial charge in [-0.3, -0.25) is 4.79 Å². The fraction of sp³-hybridized carbons (Fsp3) is 0.500. The van der Waals surface area contributed by atoms with Crippen molar-refractivity contribution in [3.8, 4) is 5.75 Å². The van der Waals surface area contributed by atoms with Gasteiger partial charge in [0.2, 0.25) is 5.91 Å². The van der Waals surface area contributed by atoms with E-state index in [1.807, 2.05) is 19.1 Å². The first-order valence-electron chi connectivity index (χ1n) is 6.44. The maximum atomic E-state index is 11.9. The number of hydrogen-bond donors (Lipinski definition) is 3. The minimum atomic E-state index is 0.114. The third-order valence-corrected chi connectivity index (χ3v) is 3.30. The van der Waals surface area contributed by atoms with Crippen LogP contribution in [0.1, 0.15) is 18.9 Å². The van der Waals surface area contributed by atoms with Gasteiger partial charge in [-0.05, 0) is 44.0 Å². The van der Waals surface area contributed by atoms with Gasteiger partial charge < -0.3 is 15.7 Å². The predicted molar refractivity (Wildman–Crippen MR) is 70.4 cm³/mol. The Hall–Kier alpha value is -1.55. The van der Waals surface area contributed by atoms with E-state index >= 15 is 0 Å². The zero-order valence-electron chi connectivity index (χ0n) is 10.6. The number of aromatic hydroxyl groups is 1. The third-order valence-electron chi connectivity index (χ3n) is 3.30. The summed E-state index contributed by atoms with van der Waals surface area (Å²) >= 11 is 0. The van der Waals surface area contributed by atoms with Gasteiger partial charge in [0, 0.05) is 12.6 Å². The highest BCUT2D eigenvalue weighted by Gasteiger charge is 2.23. The van der Waals surface area contributed by atoms with E-state index in [0.29, 0.717) is 0 Å². The van der Waals surface area contributed by atoms with Gasteiger partial charge >= 0.3 is 0 Å². The van der Waals surface area contributed by atoms with Gasteiger partial charge in [-0.2, -0.15) is 0 Å². The average Bonchev–Trinajstić information content (AvgIpc) is 2.85. The highest BCUT2D eigenvalue weighted by atomic mass is 16.3. The smallest absolute Gasteiger partial charge is 0.224 e. The molecule has 1 fully saturated rings. The molecule has 0 spiro atoms. The fourth-order valence-corrected chi connectivity index (χ4v) is 2.28. The molecule has 4 heteroatoms. The number of amides is 1. The Kier molecular flexibility index (Phi) is 4.20. The molecule has 1 aliphatic rings. The van der Waals surface area contributed by atoms with Gasteiger partial charge in [-0.15, -0.1) is 0 Å². The van der Waals surface area contributed by atoms with E-state index in [9.17, 15) is 9.90 Å². The van der Waals surface area contributed by atoms with E-state index in [2.05, 4.69) is 10.6 Å². The van der Waals surface area contributed by atoms with Crippen LogP contribution < -0.4 is 10.6 Å². The summed E-state index contributed by atoms with van der Waals surface area (Å²) in [5, 5.41) is 15.4. The van der Waals surface area contributed by atoms with Crippen molar-refractivity contribution < 1.29 is 9.90 Å². The maximum Gasteiger partial charge on any atom is 0.224 e. The second-order valence-corrected chi connectivity index (χ2v) is 4.97. The van der Waals surface area contributed by atoms with Crippen LogP contribution >= 0.6 is 0 Å². The van der Waals surface area contributed by atoms with Crippen LogP contribution in [0.25, 0.3) is 0 Å². The van der Waals surface area contributed by atoms with E-state index in [4.69, 9.17) is 0 Å². The zero-order valence-corrected chi connectivity index (χ0v) is 10.6. The number of benzene rings is 1. The van der Waals surface area contributed by atoms with Crippen molar-refractivity contribution in [3.05, 3.63) is 29.8 Å². The lowest BCUT2D eigenvalue weighted by Crippen LogP contribution is -2.39. The Morgan fingerprint density at radius 1 is 1.50 bits per heavy atom. The topological polar surface area (TPSA) is 61.4 Å². The molecule has 0 bridgehead atoms. The largest absolute Gasteiger partial charge is 0.508 e. The summed E-state index contributed by atoms with van der Waals surface area (Å²) < 4.78 is 0. The molecule has 3 N–H and O–H groups in total. The van der Waals surface area contributed by atoms with Crippen LogP contribution in [-0.2, 0) is 11.2 Å². The zero-order chi connectivity index (χ0) is 13.0. The molecule has 2 rings (SSSR count). The summed E-state index contributed by atoms with van der Waals surface area (Å²) in [6.45, 7) is 3.73. The fourth-order valence-electron chi connectivity index (χ4n) is 2.28. The molecule has 18 heavy (non-hydrogen) atoms. The molecular weight excluding hydrogens is 228 g/mol. The van der Waals surface area contributed by atoms with Crippen LogP contribution in [0.15, 0.2) is 24.3 Å². The Bertz CT molecular complexity index is 397. The van der Waals surface area contributed by atoms with Crippen LogP contribution in [0, 0.1) is 5.92 Å². The van der Waals surface area contributed by atoms with Gasteiger partial charge in [0.25, 0.3) is 0 Å². The van der Waals surface area contributed by atoms with Crippen molar-refractivity contribution in [3.63, 3.8) is 0 Å². The Balaban J connectivity index is 1.82. The molecule has 0 radical (unpaired) electrons. The SMILES string of the molecule is CC(Cc1ccc(O)cc1)NC(=O)[C@H]1CCNC1. The van der Waals surface area contributed by atoms with Gasteiger partial charge in [0.15, 0.2) is 0 Å². The molecular formula is C14H20N2O2. The molecule has 4 nitrogen and oxygen atoms in total. The molecule has 1 amide bonds. The summed E-state index contributed by atoms with van der Waals surface area (Å²) in [4.78, 5) is 11.9. The summed E-state index contributed by atoms with van der Waals surface area (Å²) in [5.41, 5.74) is 1.12. The van der Waals surface area contributed by atoms with Gasteiger partial charge in [-0.25, -0.2) is 0 Å². The van der Waals surface area contributed by atoms with E-state index in [1.165, 1.54) is 0 Å². The van der Waals surface area contributed by atoms with Crippen LogP contribution in [0.3, 0.4) is 0 Å². The van der Waals surface area contributed by atoms with Crippen molar-refractivity contribution >= 4 is 5.91 Å². The second-order valence-electron chi connectivity index (χ2n) is 4.97. The third kappa shape index (κ3) is 3.47. The first-order valence-corrected chi connectivity index (χ1v) is 6.44. The van der Waals surface area contributed by atoms with Crippen molar-refractivity contribution in [2.45, 2.75) is 25.8 Å². The minimum absolute atomic E-state index is 0.114. The molecule has 1 aromatic rings. The van der Waals surface area contributed by atoms with Crippen molar-refractivity contribution in [2.24, 2.45) is 5.92 Å². The van der Waals surface area contributed by atoms with E-state index < -0.39 is 0 Å². The quantitative estimate of drug-likeness (QED) is 0.746. The lowest BCUT2D eigenvalue weighted by atomic mass is 10.0. The van der Waals surface area contributed by atoms with E-state index in [-0.39, 0.29) is 23.6 Å². The molecule has 1 saturated heterocycles. The van der Waals surface area contributed by atoms with Gasteiger partial charge in [-0.1, -0.05) is 12.1 Å². The van der Waals surface area contributed by atoms with Gasteiger partial charge in [0.05, 0.1) is 5.92 Å². The minimum Gasteiger partial charge on any atom is -0.508 e. The van der Waals surface area contributed by atoms with Crippen molar-refractivity contribution in [1.82, 2.24) is 10.6 Å². The number of phenolic OH excluding ortho intramolecular Hbond substituents is 1. The highest BCUT2D eigenvalue weighted by Crippen LogP contribution is 2.12. The highest BCUT2D eigenvalue weighted by molar-refractivity contribution is 5.79. The Morgan fingerprint density at radius 3 is 2.83 bits per heavy atom.